The lowest BCUT2D eigenvalue weighted by Gasteiger charge is -2.14. The van der Waals surface area contributed by atoms with Crippen LogP contribution in [0, 0.1) is 0 Å². The molecule has 0 aliphatic heterocycles. The second kappa shape index (κ2) is 12.4. The summed E-state index contributed by atoms with van der Waals surface area (Å²) in [6, 6.07) is 8.03. The Hall–Kier alpha value is -1.02. The monoisotopic (exact) mass is 478 g/mol. The van der Waals surface area contributed by atoms with Gasteiger partial charge in [0, 0.05) is 30.6 Å². The maximum absolute atomic E-state index is 11.9. The summed E-state index contributed by atoms with van der Waals surface area (Å²) in [5.74, 6) is 0.837. The van der Waals surface area contributed by atoms with E-state index in [4.69, 9.17) is 11.6 Å². The Morgan fingerprint density at radius 1 is 1.20 bits per heavy atom. The highest BCUT2D eigenvalue weighted by molar-refractivity contribution is 14.0. The van der Waals surface area contributed by atoms with E-state index in [-0.39, 0.29) is 29.9 Å². The van der Waals surface area contributed by atoms with Gasteiger partial charge in [-0.1, -0.05) is 36.6 Å². The van der Waals surface area contributed by atoms with Crippen molar-refractivity contribution in [2.24, 2.45) is 4.99 Å². The molecule has 1 aromatic carbocycles. The zero-order chi connectivity index (χ0) is 17.2. The first-order valence-corrected chi connectivity index (χ1v) is 9.11. The van der Waals surface area contributed by atoms with Crippen LogP contribution in [-0.2, 0) is 11.3 Å². The van der Waals surface area contributed by atoms with E-state index in [0.717, 1.165) is 35.9 Å². The highest BCUT2D eigenvalue weighted by Gasteiger charge is 2.16. The highest BCUT2D eigenvalue weighted by atomic mass is 127. The van der Waals surface area contributed by atoms with Crippen LogP contribution in [-0.4, -0.2) is 31.0 Å². The van der Waals surface area contributed by atoms with Crippen molar-refractivity contribution in [3.63, 3.8) is 0 Å². The van der Waals surface area contributed by atoms with Crippen molar-refractivity contribution < 1.29 is 4.79 Å². The number of hydrogen-bond acceptors (Lipinski definition) is 2. The van der Waals surface area contributed by atoms with Gasteiger partial charge in [-0.25, -0.2) is 4.99 Å². The number of rotatable bonds is 7. The van der Waals surface area contributed by atoms with Crippen molar-refractivity contribution in [1.29, 1.82) is 0 Å². The quantitative estimate of drug-likeness (QED) is 0.319. The standard InChI is InChI=1S/C18H27ClN4O.HI/c1-2-20-18(22-13-14-7-9-15(19)10-8-14)21-12-11-17(24)23-16-5-3-4-6-16;/h7-10,16H,2-6,11-13H2,1H3,(H,23,24)(H2,20,21,22);1H. The van der Waals surface area contributed by atoms with Gasteiger partial charge in [0.2, 0.25) is 5.91 Å². The lowest BCUT2D eigenvalue weighted by Crippen LogP contribution is -2.40. The van der Waals surface area contributed by atoms with Crippen LogP contribution < -0.4 is 16.0 Å². The lowest BCUT2D eigenvalue weighted by molar-refractivity contribution is -0.121. The summed E-state index contributed by atoms with van der Waals surface area (Å²) in [7, 11) is 0. The average molecular weight is 479 g/mol. The smallest absolute Gasteiger partial charge is 0.221 e. The minimum Gasteiger partial charge on any atom is -0.357 e. The van der Waals surface area contributed by atoms with Gasteiger partial charge in [-0.05, 0) is 37.5 Å². The summed E-state index contributed by atoms with van der Waals surface area (Å²) < 4.78 is 0. The molecule has 2 rings (SSSR count). The molecule has 1 amide bonds. The predicted octanol–water partition coefficient (Wildman–Crippen LogP) is 3.46. The Morgan fingerprint density at radius 2 is 1.88 bits per heavy atom. The molecule has 1 aliphatic rings. The van der Waals surface area contributed by atoms with Crippen LogP contribution in [0.25, 0.3) is 0 Å². The largest absolute Gasteiger partial charge is 0.357 e. The number of nitrogens with one attached hydrogen (secondary N) is 3. The van der Waals surface area contributed by atoms with E-state index in [1.165, 1.54) is 12.8 Å². The van der Waals surface area contributed by atoms with Crippen molar-refractivity contribution in [3.05, 3.63) is 34.9 Å². The third-order valence-electron chi connectivity index (χ3n) is 4.04. The first-order valence-electron chi connectivity index (χ1n) is 8.73. The summed E-state index contributed by atoms with van der Waals surface area (Å²) in [4.78, 5) is 16.5. The molecular formula is C18H28ClIN4O. The highest BCUT2D eigenvalue weighted by Crippen LogP contribution is 2.17. The lowest BCUT2D eigenvalue weighted by atomic mass is 10.2. The molecule has 1 saturated carbocycles. The maximum atomic E-state index is 11.9. The number of hydrogen-bond donors (Lipinski definition) is 3. The molecule has 0 unspecified atom stereocenters. The number of benzene rings is 1. The molecule has 1 aliphatic carbocycles. The number of halogens is 2. The van der Waals surface area contributed by atoms with E-state index >= 15 is 0 Å². The average Bonchev–Trinajstić information content (AvgIpc) is 3.07. The molecule has 7 heteroatoms. The van der Waals surface area contributed by atoms with E-state index < -0.39 is 0 Å². The topological polar surface area (TPSA) is 65.5 Å². The summed E-state index contributed by atoms with van der Waals surface area (Å²) in [5.41, 5.74) is 1.09. The molecule has 0 radical (unpaired) electrons. The Kier molecular flexibility index (Phi) is 10.9. The first kappa shape index (κ1) is 22.0. The molecule has 0 saturated heterocycles. The number of carbonyl (C=O) groups is 1. The first-order chi connectivity index (χ1) is 11.7. The van der Waals surface area contributed by atoms with Gasteiger partial charge < -0.3 is 16.0 Å². The van der Waals surface area contributed by atoms with Crippen LogP contribution in [0.15, 0.2) is 29.3 Å². The van der Waals surface area contributed by atoms with Crippen molar-refractivity contribution >= 4 is 47.4 Å². The van der Waals surface area contributed by atoms with Crippen LogP contribution in [0.4, 0.5) is 0 Å². The molecule has 0 spiro atoms. The van der Waals surface area contributed by atoms with E-state index in [1.54, 1.807) is 0 Å². The second-order valence-electron chi connectivity index (χ2n) is 6.05. The number of nitrogens with zero attached hydrogens (tertiary/aromatic N) is 1. The Morgan fingerprint density at radius 3 is 2.52 bits per heavy atom. The zero-order valence-corrected chi connectivity index (χ0v) is 17.8. The van der Waals surface area contributed by atoms with Gasteiger partial charge in [0.15, 0.2) is 5.96 Å². The van der Waals surface area contributed by atoms with Crippen molar-refractivity contribution in [2.45, 2.75) is 51.6 Å². The fraction of sp³-hybridized carbons (Fsp3) is 0.556. The second-order valence-corrected chi connectivity index (χ2v) is 6.48. The Balaban J connectivity index is 0.00000312. The molecule has 0 aromatic heterocycles. The van der Waals surface area contributed by atoms with Crippen molar-refractivity contribution in [2.75, 3.05) is 13.1 Å². The minimum atomic E-state index is 0. The molecule has 1 aromatic rings. The molecule has 140 valence electrons. The van der Waals surface area contributed by atoms with E-state index in [1.807, 2.05) is 31.2 Å². The van der Waals surface area contributed by atoms with Gasteiger partial charge in [0.1, 0.15) is 0 Å². The fourth-order valence-electron chi connectivity index (χ4n) is 2.77. The summed E-state index contributed by atoms with van der Waals surface area (Å²) in [6.07, 6.45) is 5.15. The number of aliphatic imine (C=N–C) groups is 1. The van der Waals surface area contributed by atoms with Crippen LogP contribution in [0.1, 0.15) is 44.6 Å². The van der Waals surface area contributed by atoms with Crippen LogP contribution >= 0.6 is 35.6 Å². The van der Waals surface area contributed by atoms with Crippen LogP contribution in [0.5, 0.6) is 0 Å². The van der Waals surface area contributed by atoms with Gasteiger partial charge in [-0.15, -0.1) is 24.0 Å². The summed E-state index contributed by atoms with van der Waals surface area (Å²) >= 11 is 5.88. The molecule has 0 heterocycles. The summed E-state index contributed by atoms with van der Waals surface area (Å²) in [6.45, 7) is 3.94. The normalized spacial score (nSPS) is 14.7. The maximum Gasteiger partial charge on any atom is 0.221 e. The molecule has 0 bridgehead atoms. The number of amides is 1. The van der Waals surface area contributed by atoms with Crippen molar-refractivity contribution in [1.82, 2.24) is 16.0 Å². The fourth-order valence-corrected chi connectivity index (χ4v) is 2.89. The molecule has 5 nitrogen and oxygen atoms in total. The third-order valence-corrected chi connectivity index (χ3v) is 4.29. The number of guanidine groups is 1. The Labute approximate surface area is 172 Å². The van der Waals surface area contributed by atoms with Crippen molar-refractivity contribution in [3.8, 4) is 0 Å². The number of carbonyl (C=O) groups excluding carboxylic acids is 1. The molecular weight excluding hydrogens is 451 g/mol. The molecule has 0 atom stereocenters. The van der Waals surface area contributed by atoms with Gasteiger partial charge in [-0.2, -0.15) is 0 Å². The SMILES string of the molecule is CCNC(=NCc1ccc(Cl)cc1)NCCC(=O)NC1CCCC1.I. The van der Waals surface area contributed by atoms with Gasteiger partial charge >= 0.3 is 0 Å². The molecule has 3 N–H and O–H groups in total. The van der Waals surface area contributed by atoms with E-state index in [0.29, 0.717) is 25.6 Å². The van der Waals surface area contributed by atoms with Gasteiger partial charge in [0.05, 0.1) is 6.54 Å². The van der Waals surface area contributed by atoms with Crippen LogP contribution in [0.3, 0.4) is 0 Å². The zero-order valence-electron chi connectivity index (χ0n) is 14.7. The van der Waals surface area contributed by atoms with E-state index in [2.05, 4.69) is 20.9 Å². The molecule has 1 fully saturated rings. The summed E-state index contributed by atoms with van der Waals surface area (Å²) in [5, 5.41) is 10.2. The van der Waals surface area contributed by atoms with Crippen LogP contribution in [0.2, 0.25) is 5.02 Å². The van der Waals surface area contributed by atoms with Gasteiger partial charge in [-0.3, -0.25) is 4.79 Å². The molecule has 25 heavy (non-hydrogen) atoms. The van der Waals surface area contributed by atoms with E-state index in [9.17, 15) is 4.79 Å². The minimum absolute atomic E-state index is 0. The Bertz CT molecular complexity index is 545. The predicted molar refractivity (Wildman–Crippen MR) is 115 cm³/mol. The van der Waals surface area contributed by atoms with Gasteiger partial charge in [0.25, 0.3) is 0 Å². The third kappa shape index (κ3) is 8.76.